The van der Waals surface area contributed by atoms with Gasteiger partial charge in [-0.15, -0.1) is 0 Å². The van der Waals surface area contributed by atoms with Crippen molar-refractivity contribution in [1.82, 2.24) is 0 Å². The second-order valence-electron chi connectivity index (χ2n) is 2.34. The van der Waals surface area contributed by atoms with E-state index in [0.29, 0.717) is 16.6 Å². The highest BCUT2D eigenvalue weighted by atomic mass is 79.9. The van der Waals surface area contributed by atoms with E-state index in [1.165, 1.54) is 18.2 Å². The highest BCUT2D eigenvalue weighted by molar-refractivity contribution is 9.10. The summed E-state index contributed by atoms with van der Waals surface area (Å²) in [5.74, 6) is -0.839. The summed E-state index contributed by atoms with van der Waals surface area (Å²) in [6.07, 6.45) is 0. The van der Waals surface area contributed by atoms with E-state index in [1.54, 1.807) is 6.92 Å². The molecule has 0 aliphatic heterocycles. The van der Waals surface area contributed by atoms with Crippen molar-refractivity contribution in [3.8, 4) is 0 Å². The van der Waals surface area contributed by atoms with Crippen LogP contribution < -0.4 is 0 Å². The van der Waals surface area contributed by atoms with Crippen LogP contribution in [0.4, 0.5) is 4.39 Å². The second-order valence-corrected chi connectivity index (χ2v) is 3.20. The molecule has 1 aromatic carbocycles. The number of hydrogen-bond acceptors (Lipinski definition) is 2. The summed E-state index contributed by atoms with van der Waals surface area (Å²) >= 11 is 3.08. The number of carbonyl (C=O) groups excluding carboxylic acids is 1. The highest BCUT2D eigenvalue weighted by Gasteiger charge is 2.10. The standard InChI is InChI=1S/C9H8BrFO2/c1-2-13-9(12)7-4-3-6(11)5-8(7)10/h3-5H,2H2,1H3. The first kappa shape index (κ1) is 10.2. The van der Waals surface area contributed by atoms with Crippen LogP contribution in [-0.4, -0.2) is 12.6 Å². The lowest BCUT2D eigenvalue weighted by Gasteiger charge is -2.03. The Bertz CT molecular complexity index is 325. The number of hydrogen-bond donors (Lipinski definition) is 0. The SMILES string of the molecule is CCOC(=O)c1ccc(F)cc1Br. The summed E-state index contributed by atoms with van der Waals surface area (Å²) in [4.78, 5) is 11.2. The minimum absolute atomic E-state index is 0.308. The molecular formula is C9H8BrFO2. The number of rotatable bonds is 2. The molecule has 0 heterocycles. The van der Waals surface area contributed by atoms with Gasteiger partial charge in [0.2, 0.25) is 0 Å². The van der Waals surface area contributed by atoms with E-state index >= 15 is 0 Å². The molecule has 0 aliphatic rings. The molecule has 0 spiro atoms. The van der Waals surface area contributed by atoms with Crippen LogP contribution in [0.3, 0.4) is 0 Å². The summed E-state index contributed by atoms with van der Waals surface area (Å²) in [7, 11) is 0. The van der Waals surface area contributed by atoms with Crippen LogP contribution >= 0.6 is 15.9 Å². The number of halogens is 2. The molecule has 0 amide bonds. The summed E-state index contributed by atoms with van der Waals surface area (Å²) in [5.41, 5.74) is 0.336. The van der Waals surface area contributed by atoms with Gasteiger partial charge in [-0.05, 0) is 41.1 Å². The van der Waals surface area contributed by atoms with Crippen molar-refractivity contribution in [1.29, 1.82) is 0 Å². The molecule has 2 nitrogen and oxygen atoms in total. The Morgan fingerprint density at radius 2 is 2.31 bits per heavy atom. The first-order valence-electron chi connectivity index (χ1n) is 3.77. The van der Waals surface area contributed by atoms with Crippen molar-refractivity contribution in [2.45, 2.75) is 6.92 Å². The highest BCUT2D eigenvalue weighted by Crippen LogP contribution is 2.18. The lowest BCUT2D eigenvalue weighted by atomic mass is 10.2. The molecule has 0 saturated carbocycles. The fourth-order valence-electron chi connectivity index (χ4n) is 0.864. The molecule has 0 unspecified atom stereocenters. The van der Waals surface area contributed by atoms with Gasteiger partial charge in [0.15, 0.2) is 0 Å². The van der Waals surface area contributed by atoms with E-state index in [1.807, 2.05) is 0 Å². The average molecular weight is 247 g/mol. The molecule has 0 aliphatic carbocycles. The smallest absolute Gasteiger partial charge is 0.339 e. The normalized spacial score (nSPS) is 9.77. The van der Waals surface area contributed by atoms with Crippen LogP contribution in [0.2, 0.25) is 0 Å². The Morgan fingerprint density at radius 3 is 2.85 bits per heavy atom. The zero-order valence-corrected chi connectivity index (χ0v) is 8.60. The molecule has 0 fully saturated rings. The number of benzene rings is 1. The van der Waals surface area contributed by atoms with Gasteiger partial charge in [-0.3, -0.25) is 0 Å². The average Bonchev–Trinajstić information content (AvgIpc) is 2.04. The van der Waals surface area contributed by atoms with E-state index in [0.717, 1.165) is 0 Å². The topological polar surface area (TPSA) is 26.3 Å². The minimum atomic E-state index is -0.450. The third-order valence-electron chi connectivity index (χ3n) is 1.43. The van der Waals surface area contributed by atoms with Gasteiger partial charge < -0.3 is 4.74 Å². The van der Waals surface area contributed by atoms with Gasteiger partial charge in [0.25, 0.3) is 0 Å². The molecule has 70 valence electrons. The maximum atomic E-state index is 12.6. The van der Waals surface area contributed by atoms with E-state index in [-0.39, 0.29) is 5.82 Å². The Labute approximate surface area is 83.8 Å². The van der Waals surface area contributed by atoms with Crippen LogP contribution in [0, 0.1) is 5.82 Å². The van der Waals surface area contributed by atoms with Crippen molar-refractivity contribution in [3.63, 3.8) is 0 Å². The van der Waals surface area contributed by atoms with Crippen molar-refractivity contribution < 1.29 is 13.9 Å². The second kappa shape index (κ2) is 4.37. The van der Waals surface area contributed by atoms with Gasteiger partial charge in [-0.1, -0.05) is 0 Å². The van der Waals surface area contributed by atoms with E-state index in [9.17, 15) is 9.18 Å². The summed E-state index contributed by atoms with van der Waals surface area (Å²) in [5, 5.41) is 0. The predicted molar refractivity (Wildman–Crippen MR) is 50.1 cm³/mol. The van der Waals surface area contributed by atoms with Gasteiger partial charge >= 0.3 is 5.97 Å². The van der Waals surface area contributed by atoms with Gasteiger partial charge in [-0.25, -0.2) is 9.18 Å². The van der Waals surface area contributed by atoms with Crippen molar-refractivity contribution >= 4 is 21.9 Å². The molecular weight excluding hydrogens is 239 g/mol. The van der Waals surface area contributed by atoms with Crippen molar-refractivity contribution in [3.05, 3.63) is 34.1 Å². The largest absolute Gasteiger partial charge is 0.462 e. The molecule has 0 radical (unpaired) electrons. The molecule has 1 rings (SSSR count). The fraction of sp³-hybridized carbons (Fsp3) is 0.222. The first-order valence-corrected chi connectivity index (χ1v) is 4.56. The zero-order chi connectivity index (χ0) is 9.84. The minimum Gasteiger partial charge on any atom is -0.462 e. The van der Waals surface area contributed by atoms with Crippen LogP contribution in [-0.2, 0) is 4.74 Å². The Kier molecular flexibility index (Phi) is 3.42. The predicted octanol–water partition coefficient (Wildman–Crippen LogP) is 2.76. The van der Waals surface area contributed by atoms with Gasteiger partial charge in [0.05, 0.1) is 12.2 Å². The summed E-state index contributed by atoms with van der Waals surface area (Å²) in [6, 6.07) is 3.83. The third-order valence-corrected chi connectivity index (χ3v) is 2.08. The van der Waals surface area contributed by atoms with Crippen LogP contribution in [0.1, 0.15) is 17.3 Å². The zero-order valence-electron chi connectivity index (χ0n) is 7.01. The van der Waals surface area contributed by atoms with Crippen molar-refractivity contribution in [2.75, 3.05) is 6.61 Å². The van der Waals surface area contributed by atoms with Gasteiger partial charge in [0.1, 0.15) is 5.82 Å². The molecule has 1 aromatic rings. The van der Waals surface area contributed by atoms with E-state index in [2.05, 4.69) is 15.9 Å². The van der Waals surface area contributed by atoms with Gasteiger partial charge in [0, 0.05) is 4.47 Å². The fourth-order valence-corrected chi connectivity index (χ4v) is 1.38. The quantitative estimate of drug-likeness (QED) is 0.751. The molecule has 13 heavy (non-hydrogen) atoms. The van der Waals surface area contributed by atoms with Gasteiger partial charge in [-0.2, -0.15) is 0 Å². The molecule has 4 heteroatoms. The molecule has 0 N–H and O–H groups in total. The van der Waals surface area contributed by atoms with Crippen molar-refractivity contribution in [2.24, 2.45) is 0 Å². The third kappa shape index (κ3) is 2.52. The summed E-state index contributed by atoms with van der Waals surface area (Å²) in [6.45, 7) is 2.03. The lowest BCUT2D eigenvalue weighted by Crippen LogP contribution is -2.05. The lowest BCUT2D eigenvalue weighted by molar-refractivity contribution is 0.0525. The van der Waals surface area contributed by atoms with Crippen LogP contribution in [0.15, 0.2) is 22.7 Å². The number of ether oxygens (including phenoxy) is 1. The number of esters is 1. The summed E-state index contributed by atoms with van der Waals surface area (Å²) < 4.78 is 17.8. The maximum absolute atomic E-state index is 12.6. The molecule has 0 bridgehead atoms. The maximum Gasteiger partial charge on any atom is 0.339 e. The molecule has 0 atom stereocenters. The Morgan fingerprint density at radius 1 is 1.62 bits per heavy atom. The monoisotopic (exact) mass is 246 g/mol. The van der Waals surface area contributed by atoms with E-state index < -0.39 is 5.97 Å². The van der Waals surface area contributed by atoms with Crippen LogP contribution in [0.5, 0.6) is 0 Å². The number of carbonyl (C=O) groups is 1. The van der Waals surface area contributed by atoms with Crippen LogP contribution in [0.25, 0.3) is 0 Å². The Balaban J connectivity index is 2.95. The molecule has 0 aromatic heterocycles. The first-order chi connectivity index (χ1) is 6.15. The Hall–Kier alpha value is -0.900. The molecule has 0 saturated heterocycles. The van der Waals surface area contributed by atoms with E-state index in [4.69, 9.17) is 4.74 Å².